The zero-order chi connectivity index (χ0) is 29.3. The van der Waals surface area contributed by atoms with Crippen molar-refractivity contribution in [2.75, 3.05) is 6.54 Å². The maximum absolute atomic E-state index is 13.3. The molecule has 40 heavy (non-hydrogen) atoms. The summed E-state index contributed by atoms with van der Waals surface area (Å²) in [5, 5.41) is 2.82. The molecule has 0 bridgehead atoms. The molecule has 0 radical (unpaired) electrons. The lowest BCUT2D eigenvalue weighted by Gasteiger charge is -2.38. The van der Waals surface area contributed by atoms with Crippen LogP contribution in [0, 0.1) is 0 Å². The van der Waals surface area contributed by atoms with Crippen molar-refractivity contribution in [3.63, 3.8) is 0 Å². The minimum atomic E-state index is -5.07. The number of alkyl halides is 6. The molecule has 0 aliphatic carbocycles. The summed E-state index contributed by atoms with van der Waals surface area (Å²) in [4.78, 5) is 12.1. The molecule has 1 unspecified atom stereocenters. The van der Waals surface area contributed by atoms with E-state index in [1.807, 2.05) is 30.3 Å². The predicted molar refractivity (Wildman–Crippen MR) is 137 cm³/mol. The van der Waals surface area contributed by atoms with Gasteiger partial charge in [0.05, 0.1) is 22.1 Å². The number of hydrogen-bond acceptors (Lipinski definition) is 3. The second-order valence-corrected chi connectivity index (χ2v) is 11.2. The van der Waals surface area contributed by atoms with Crippen molar-refractivity contribution in [1.29, 1.82) is 0 Å². The van der Waals surface area contributed by atoms with Gasteiger partial charge in [0.25, 0.3) is 5.91 Å². The van der Waals surface area contributed by atoms with Gasteiger partial charge in [0.1, 0.15) is 22.3 Å². The van der Waals surface area contributed by atoms with Crippen LogP contribution in [0.4, 0.5) is 26.3 Å². The van der Waals surface area contributed by atoms with E-state index < -0.39 is 51.0 Å². The average Bonchev–Trinajstić information content (AvgIpc) is 2.87. The van der Waals surface area contributed by atoms with Crippen LogP contribution in [-0.2, 0) is 29.8 Å². The number of benzene rings is 3. The highest BCUT2D eigenvalue weighted by Gasteiger charge is 2.39. The number of hydrogen-bond donors (Lipinski definition) is 2. The molecule has 0 fully saturated rings. The lowest BCUT2D eigenvalue weighted by molar-refractivity contribution is -0.143. The Morgan fingerprint density at radius 3 is 2.17 bits per heavy atom. The van der Waals surface area contributed by atoms with Gasteiger partial charge in [-0.2, -0.15) is 26.3 Å². The first-order chi connectivity index (χ1) is 18.6. The van der Waals surface area contributed by atoms with E-state index in [4.69, 9.17) is 4.74 Å². The molecule has 3 aromatic rings. The highest BCUT2D eigenvalue weighted by Crippen LogP contribution is 2.41. The van der Waals surface area contributed by atoms with Crippen LogP contribution < -0.4 is 14.8 Å². The molecule has 1 amide bonds. The molecule has 1 aliphatic heterocycles. The highest BCUT2D eigenvalue weighted by atomic mass is 32.2. The number of ether oxygens (including phenoxy) is 1. The summed E-state index contributed by atoms with van der Waals surface area (Å²) in [6.45, 7) is 3.85. The fraction of sp³-hybridized carbons (Fsp3) is 0.321. The van der Waals surface area contributed by atoms with E-state index in [-0.39, 0.29) is 24.0 Å². The quantitative estimate of drug-likeness (QED) is 0.307. The molecule has 0 spiro atoms. The van der Waals surface area contributed by atoms with E-state index in [2.05, 4.69) is 10.0 Å². The van der Waals surface area contributed by atoms with Crippen LogP contribution in [0.25, 0.3) is 0 Å². The van der Waals surface area contributed by atoms with Gasteiger partial charge >= 0.3 is 12.4 Å². The van der Waals surface area contributed by atoms with E-state index in [1.54, 1.807) is 26.0 Å². The molecule has 214 valence electrons. The molecule has 2 atom stereocenters. The summed E-state index contributed by atoms with van der Waals surface area (Å²) in [6, 6.07) is 14.2. The fourth-order valence-corrected chi connectivity index (χ4v) is 5.47. The Labute approximate surface area is 229 Å². The highest BCUT2D eigenvalue weighted by molar-refractivity contribution is 7.83. The van der Waals surface area contributed by atoms with Gasteiger partial charge in [-0.25, -0.2) is 8.93 Å². The van der Waals surface area contributed by atoms with Crippen LogP contribution in [0.2, 0.25) is 0 Å². The van der Waals surface area contributed by atoms with Crippen molar-refractivity contribution >= 4 is 16.9 Å². The third-order valence-corrected chi connectivity index (χ3v) is 7.46. The van der Waals surface area contributed by atoms with E-state index in [0.29, 0.717) is 36.4 Å². The third kappa shape index (κ3) is 7.22. The summed E-state index contributed by atoms with van der Waals surface area (Å²) in [5.41, 5.74) is -2.21. The zero-order valence-electron chi connectivity index (χ0n) is 21.5. The third-order valence-electron chi connectivity index (χ3n) is 6.30. The average molecular weight is 585 g/mol. The van der Waals surface area contributed by atoms with Gasteiger partial charge in [0.2, 0.25) is 0 Å². The summed E-state index contributed by atoms with van der Waals surface area (Å²) in [6.07, 6.45) is -9.36. The first-order valence-electron chi connectivity index (χ1n) is 12.2. The van der Waals surface area contributed by atoms with E-state index in [1.165, 1.54) is 6.07 Å². The number of carbonyl (C=O) groups is 1. The van der Waals surface area contributed by atoms with Crippen molar-refractivity contribution in [2.45, 2.75) is 55.6 Å². The lowest BCUT2D eigenvalue weighted by Crippen LogP contribution is -2.40. The fourth-order valence-electron chi connectivity index (χ4n) is 4.40. The van der Waals surface area contributed by atoms with Crippen molar-refractivity contribution in [3.05, 3.63) is 94.5 Å². The maximum Gasteiger partial charge on any atom is 0.416 e. The standard InChI is InChI=1S/C28H26F6N2O3S/c1-26(2)16-23(36-40(38)21-14-19(27(29,30)31)13-20(15-21)28(32,33)34)22-12-18(8-9-24(22)39-26)25(37)35-11-10-17-6-4-3-5-7-17/h3-9,12-15,23,36H,10-11,16H2,1-2H3,(H,35,37)/t23-,40?/m0/s1. The molecule has 4 rings (SSSR count). The monoisotopic (exact) mass is 584 g/mol. The molecule has 0 saturated heterocycles. The second kappa shape index (κ2) is 11.2. The van der Waals surface area contributed by atoms with Gasteiger partial charge in [-0.3, -0.25) is 4.79 Å². The van der Waals surface area contributed by atoms with Crippen molar-refractivity contribution in [2.24, 2.45) is 0 Å². The van der Waals surface area contributed by atoms with Crippen LogP contribution in [-0.4, -0.2) is 22.3 Å². The summed E-state index contributed by atoms with van der Waals surface area (Å²) >= 11 is 0. The maximum atomic E-state index is 13.3. The zero-order valence-corrected chi connectivity index (χ0v) is 22.3. The van der Waals surface area contributed by atoms with Crippen LogP contribution in [0.5, 0.6) is 5.75 Å². The molecule has 1 heterocycles. The van der Waals surface area contributed by atoms with Crippen LogP contribution in [0.1, 0.15) is 58.9 Å². The Kier molecular flexibility index (Phi) is 8.32. The molecule has 12 heteroatoms. The van der Waals surface area contributed by atoms with E-state index in [0.717, 1.165) is 5.56 Å². The minimum Gasteiger partial charge on any atom is -0.487 e. The van der Waals surface area contributed by atoms with Crippen LogP contribution >= 0.6 is 0 Å². The normalized spacial score (nSPS) is 17.4. The van der Waals surface area contributed by atoms with Gasteiger partial charge in [-0.1, -0.05) is 30.3 Å². The molecule has 5 nitrogen and oxygen atoms in total. The van der Waals surface area contributed by atoms with Gasteiger partial charge < -0.3 is 10.1 Å². The predicted octanol–water partition coefficient (Wildman–Crippen LogP) is 6.61. The van der Waals surface area contributed by atoms with Gasteiger partial charge in [0, 0.05) is 24.1 Å². The Hall–Kier alpha value is -3.38. The topological polar surface area (TPSA) is 67.4 Å². The Balaban J connectivity index is 1.58. The smallest absolute Gasteiger partial charge is 0.416 e. The Bertz CT molecular complexity index is 1380. The number of nitrogens with one attached hydrogen (secondary N) is 2. The number of carbonyl (C=O) groups excluding carboxylic acids is 1. The summed E-state index contributed by atoms with van der Waals surface area (Å²) in [5.74, 6) is -0.0252. The second-order valence-electron chi connectivity index (χ2n) is 9.99. The molecule has 1 aliphatic rings. The minimum absolute atomic E-state index is 0.0176. The number of halogens is 6. The summed E-state index contributed by atoms with van der Waals surface area (Å²) < 4.78 is 102. The summed E-state index contributed by atoms with van der Waals surface area (Å²) in [7, 11) is -2.46. The van der Waals surface area contributed by atoms with Crippen molar-refractivity contribution < 1.29 is 40.1 Å². The molecule has 2 N–H and O–H groups in total. The van der Waals surface area contributed by atoms with Crippen LogP contribution in [0.3, 0.4) is 0 Å². The molecular formula is C28H26F6N2O3S. The van der Waals surface area contributed by atoms with E-state index in [9.17, 15) is 35.3 Å². The largest absolute Gasteiger partial charge is 0.487 e. The van der Waals surface area contributed by atoms with Crippen LogP contribution in [0.15, 0.2) is 71.6 Å². The van der Waals surface area contributed by atoms with Gasteiger partial charge in [-0.05, 0) is 62.2 Å². The van der Waals surface area contributed by atoms with Gasteiger partial charge in [0.15, 0.2) is 0 Å². The first-order valence-corrected chi connectivity index (χ1v) is 13.4. The number of amides is 1. The van der Waals surface area contributed by atoms with Gasteiger partial charge in [-0.15, -0.1) is 0 Å². The lowest BCUT2D eigenvalue weighted by atomic mass is 9.89. The molecule has 0 aromatic heterocycles. The number of rotatable bonds is 7. The SMILES string of the molecule is CC1(C)C[C@H](NS(=O)c2cc(C(F)(F)F)cc(C(F)(F)F)c2)c2cc(C(=O)NCCc3ccccc3)ccc2O1. The first kappa shape index (κ1) is 29.6. The molecule has 0 saturated carbocycles. The van der Waals surface area contributed by atoms with Crippen molar-refractivity contribution in [3.8, 4) is 5.75 Å². The van der Waals surface area contributed by atoms with Crippen molar-refractivity contribution in [1.82, 2.24) is 10.0 Å². The molecular weight excluding hydrogens is 558 g/mol. The Morgan fingerprint density at radius 2 is 1.57 bits per heavy atom. The number of fused-ring (bicyclic) bond motifs is 1. The Morgan fingerprint density at radius 1 is 0.950 bits per heavy atom. The molecule has 3 aromatic carbocycles. The van der Waals surface area contributed by atoms with E-state index >= 15 is 0 Å².